The first-order valence-corrected chi connectivity index (χ1v) is 7.74. The van der Waals surface area contributed by atoms with Gasteiger partial charge in [-0.3, -0.25) is 0 Å². The molecule has 0 aliphatic carbocycles. The lowest BCUT2D eigenvalue weighted by Gasteiger charge is -2.14. The summed E-state index contributed by atoms with van der Waals surface area (Å²) in [4.78, 5) is 0. The van der Waals surface area contributed by atoms with Crippen molar-refractivity contribution in [3.63, 3.8) is 0 Å². The minimum atomic E-state index is -0.293. The van der Waals surface area contributed by atoms with Gasteiger partial charge in [0.15, 0.2) is 0 Å². The molecule has 1 atom stereocenters. The number of halogens is 2. The topological polar surface area (TPSA) is 21.3 Å². The molecule has 0 aromatic heterocycles. The highest BCUT2D eigenvalue weighted by Gasteiger charge is 2.03. The quantitative estimate of drug-likeness (QED) is 0.671. The summed E-state index contributed by atoms with van der Waals surface area (Å²) < 4.78 is 19.2. The van der Waals surface area contributed by atoms with Crippen LogP contribution in [0.5, 0.6) is 5.75 Å². The molecule has 108 valence electrons. The summed E-state index contributed by atoms with van der Waals surface area (Å²) in [5.74, 6) is 0.277. The number of unbranched alkanes of at least 4 members (excludes halogenated alkanes) is 2. The van der Waals surface area contributed by atoms with Crippen LogP contribution in [0.15, 0.2) is 22.7 Å². The molecule has 0 bridgehead atoms. The van der Waals surface area contributed by atoms with Gasteiger partial charge in [0.25, 0.3) is 0 Å². The van der Waals surface area contributed by atoms with Crippen LogP contribution in [0, 0.1) is 5.82 Å². The Kier molecular flexibility index (Phi) is 8.07. The van der Waals surface area contributed by atoms with Crippen molar-refractivity contribution in [2.45, 2.75) is 45.6 Å². The molecule has 0 amide bonds. The number of hydrogen-bond acceptors (Lipinski definition) is 2. The van der Waals surface area contributed by atoms with E-state index in [2.05, 4.69) is 35.1 Å². The lowest BCUT2D eigenvalue weighted by molar-refractivity contribution is 0.302. The molecule has 4 heteroatoms. The van der Waals surface area contributed by atoms with Crippen molar-refractivity contribution in [3.8, 4) is 5.75 Å². The van der Waals surface area contributed by atoms with Crippen LogP contribution < -0.4 is 10.1 Å². The van der Waals surface area contributed by atoms with Gasteiger partial charge in [-0.25, -0.2) is 4.39 Å². The Morgan fingerprint density at radius 1 is 1.37 bits per heavy atom. The first-order chi connectivity index (χ1) is 9.13. The molecule has 19 heavy (non-hydrogen) atoms. The van der Waals surface area contributed by atoms with E-state index >= 15 is 0 Å². The molecule has 0 heterocycles. The zero-order chi connectivity index (χ0) is 14.1. The molecule has 1 N–H and O–H groups in total. The van der Waals surface area contributed by atoms with E-state index in [4.69, 9.17) is 4.74 Å². The molecule has 1 unspecified atom stereocenters. The van der Waals surface area contributed by atoms with E-state index in [0.29, 0.717) is 22.9 Å². The van der Waals surface area contributed by atoms with E-state index < -0.39 is 0 Å². The highest BCUT2D eigenvalue weighted by molar-refractivity contribution is 9.10. The molecule has 1 rings (SSSR count). The molecule has 0 spiro atoms. The molecule has 0 aliphatic heterocycles. The van der Waals surface area contributed by atoms with Crippen molar-refractivity contribution in [1.29, 1.82) is 0 Å². The summed E-state index contributed by atoms with van der Waals surface area (Å²) >= 11 is 3.12. The van der Waals surface area contributed by atoms with Crippen LogP contribution in [-0.4, -0.2) is 19.2 Å². The zero-order valence-corrected chi connectivity index (χ0v) is 13.3. The standard InChI is InChI=1S/C15H23BrFNO/c1-3-4-5-6-12(2)18-9-10-19-13-7-8-14(16)15(17)11-13/h7-8,11-12,18H,3-6,9-10H2,1-2H3. The van der Waals surface area contributed by atoms with Crippen LogP contribution in [-0.2, 0) is 0 Å². The van der Waals surface area contributed by atoms with Gasteiger partial charge in [-0.1, -0.05) is 26.2 Å². The summed E-state index contributed by atoms with van der Waals surface area (Å²) in [7, 11) is 0. The molecule has 1 aromatic carbocycles. The van der Waals surface area contributed by atoms with Gasteiger partial charge in [-0.15, -0.1) is 0 Å². The summed E-state index contributed by atoms with van der Waals surface area (Å²) in [6.45, 7) is 5.74. The average Bonchev–Trinajstić information content (AvgIpc) is 2.39. The molecule has 1 aromatic rings. The monoisotopic (exact) mass is 331 g/mol. The second-order valence-electron chi connectivity index (χ2n) is 4.78. The van der Waals surface area contributed by atoms with Crippen molar-refractivity contribution in [2.24, 2.45) is 0 Å². The number of nitrogens with one attached hydrogen (secondary N) is 1. The first-order valence-electron chi connectivity index (χ1n) is 6.94. The maximum absolute atomic E-state index is 13.2. The fourth-order valence-electron chi connectivity index (χ4n) is 1.84. The largest absolute Gasteiger partial charge is 0.492 e. The second-order valence-corrected chi connectivity index (χ2v) is 5.63. The Balaban J connectivity index is 2.14. The third-order valence-corrected chi connectivity index (χ3v) is 3.64. The summed E-state index contributed by atoms with van der Waals surface area (Å²) in [6.07, 6.45) is 5.01. The maximum Gasteiger partial charge on any atom is 0.141 e. The van der Waals surface area contributed by atoms with Gasteiger partial charge in [-0.2, -0.15) is 0 Å². The van der Waals surface area contributed by atoms with Gasteiger partial charge in [0, 0.05) is 18.7 Å². The number of hydrogen-bond donors (Lipinski definition) is 1. The minimum Gasteiger partial charge on any atom is -0.492 e. The van der Waals surface area contributed by atoms with E-state index in [1.807, 2.05) is 0 Å². The lowest BCUT2D eigenvalue weighted by Crippen LogP contribution is -2.30. The van der Waals surface area contributed by atoms with Crippen LogP contribution in [0.25, 0.3) is 0 Å². The van der Waals surface area contributed by atoms with Gasteiger partial charge in [0.05, 0.1) is 4.47 Å². The molecular formula is C15H23BrFNO. The number of ether oxygens (including phenoxy) is 1. The van der Waals surface area contributed by atoms with E-state index in [0.717, 1.165) is 6.54 Å². The highest BCUT2D eigenvalue weighted by Crippen LogP contribution is 2.20. The van der Waals surface area contributed by atoms with Gasteiger partial charge in [0.2, 0.25) is 0 Å². The van der Waals surface area contributed by atoms with Crippen molar-refractivity contribution < 1.29 is 9.13 Å². The van der Waals surface area contributed by atoms with Crippen LogP contribution in [0.4, 0.5) is 4.39 Å². The molecule has 0 radical (unpaired) electrons. The SMILES string of the molecule is CCCCCC(C)NCCOc1ccc(Br)c(F)c1. The van der Waals surface area contributed by atoms with E-state index in [1.54, 1.807) is 12.1 Å². The zero-order valence-electron chi connectivity index (χ0n) is 11.7. The molecule has 0 fully saturated rings. The Hall–Kier alpha value is -0.610. The van der Waals surface area contributed by atoms with Crippen molar-refractivity contribution in [3.05, 3.63) is 28.5 Å². The van der Waals surface area contributed by atoms with Crippen molar-refractivity contribution in [1.82, 2.24) is 5.32 Å². The minimum absolute atomic E-state index is 0.293. The Labute approximate surface area is 123 Å². The third-order valence-electron chi connectivity index (χ3n) is 3.00. The van der Waals surface area contributed by atoms with Gasteiger partial charge in [0.1, 0.15) is 18.2 Å². The first kappa shape index (κ1) is 16.4. The fraction of sp³-hybridized carbons (Fsp3) is 0.600. The Bertz CT molecular complexity index is 373. The predicted molar refractivity (Wildman–Crippen MR) is 81.2 cm³/mol. The van der Waals surface area contributed by atoms with Crippen LogP contribution in [0.1, 0.15) is 39.5 Å². The van der Waals surface area contributed by atoms with Crippen molar-refractivity contribution >= 4 is 15.9 Å². The summed E-state index contributed by atoms with van der Waals surface area (Å²) in [5.41, 5.74) is 0. The normalized spacial score (nSPS) is 12.4. The predicted octanol–water partition coefficient (Wildman–Crippen LogP) is 4.53. The van der Waals surface area contributed by atoms with E-state index in [9.17, 15) is 4.39 Å². The van der Waals surface area contributed by atoms with Crippen LogP contribution >= 0.6 is 15.9 Å². The van der Waals surface area contributed by atoms with Gasteiger partial charge < -0.3 is 10.1 Å². The maximum atomic E-state index is 13.2. The molecular weight excluding hydrogens is 309 g/mol. The van der Waals surface area contributed by atoms with Crippen molar-refractivity contribution in [2.75, 3.05) is 13.2 Å². The summed E-state index contributed by atoms with van der Waals surface area (Å²) in [5, 5.41) is 3.41. The molecule has 0 aliphatic rings. The second kappa shape index (κ2) is 9.32. The summed E-state index contributed by atoms with van der Waals surface area (Å²) in [6, 6.07) is 5.33. The van der Waals surface area contributed by atoms with Crippen LogP contribution in [0.3, 0.4) is 0 Å². The smallest absolute Gasteiger partial charge is 0.141 e. The fourth-order valence-corrected chi connectivity index (χ4v) is 2.09. The lowest BCUT2D eigenvalue weighted by atomic mass is 10.1. The highest BCUT2D eigenvalue weighted by atomic mass is 79.9. The average molecular weight is 332 g/mol. The van der Waals surface area contributed by atoms with Gasteiger partial charge >= 0.3 is 0 Å². The van der Waals surface area contributed by atoms with E-state index in [-0.39, 0.29) is 5.82 Å². The van der Waals surface area contributed by atoms with Crippen LogP contribution in [0.2, 0.25) is 0 Å². The Morgan fingerprint density at radius 2 is 2.16 bits per heavy atom. The van der Waals surface area contributed by atoms with Gasteiger partial charge in [-0.05, 0) is 41.4 Å². The Morgan fingerprint density at radius 3 is 2.84 bits per heavy atom. The molecule has 2 nitrogen and oxygen atoms in total. The van der Waals surface area contributed by atoms with E-state index in [1.165, 1.54) is 31.7 Å². The molecule has 0 saturated carbocycles. The number of rotatable bonds is 9. The third kappa shape index (κ3) is 6.92. The number of benzene rings is 1. The molecule has 0 saturated heterocycles.